The van der Waals surface area contributed by atoms with E-state index in [1.807, 2.05) is 11.3 Å². The van der Waals surface area contributed by atoms with Crippen molar-refractivity contribution in [3.8, 4) is 11.1 Å². The van der Waals surface area contributed by atoms with Gasteiger partial charge in [0.1, 0.15) is 0 Å². The first-order valence-corrected chi connectivity index (χ1v) is 26.0. The topological polar surface area (TPSA) is 6.48 Å². The van der Waals surface area contributed by atoms with Crippen molar-refractivity contribution < 1.29 is 0 Å². The molecule has 320 valence electrons. The van der Waals surface area contributed by atoms with Gasteiger partial charge in [0.2, 0.25) is 0 Å². The lowest BCUT2D eigenvalue weighted by Crippen LogP contribution is -2.74. The lowest BCUT2D eigenvalue weighted by atomic mass is 9.82. The third kappa shape index (κ3) is 6.83. The number of thiophene rings is 1. The summed E-state index contributed by atoms with van der Waals surface area (Å²) < 4.78 is 2.59. The van der Waals surface area contributed by atoms with E-state index in [0.29, 0.717) is 0 Å². The zero-order valence-electron chi connectivity index (χ0n) is 37.6. The minimum Gasteiger partial charge on any atom is -0.310 e. The normalized spacial score (nSPS) is 12.7. The monoisotopic (exact) mass is 892 g/mol. The fourth-order valence-corrected chi connectivity index (χ4v) is 16.8. The summed E-state index contributed by atoms with van der Waals surface area (Å²) in [6.45, 7) is 4.70. The maximum atomic E-state index is 2.47. The molecule has 0 atom stereocenters. The van der Waals surface area contributed by atoms with Gasteiger partial charge in [0.25, 0.3) is 0 Å². The molecule has 0 aliphatic heterocycles. The summed E-state index contributed by atoms with van der Waals surface area (Å²) in [5, 5.41) is 7.92. The van der Waals surface area contributed by atoms with Gasteiger partial charge in [-0.15, -0.1) is 11.3 Å². The van der Waals surface area contributed by atoms with Crippen molar-refractivity contribution in [2.75, 3.05) is 9.80 Å². The van der Waals surface area contributed by atoms with Crippen molar-refractivity contribution >= 4 is 94.5 Å². The van der Waals surface area contributed by atoms with Crippen LogP contribution in [-0.4, -0.2) is 8.07 Å². The van der Waals surface area contributed by atoms with Crippen molar-refractivity contribution in [2.24, 2.45) is 0 Å². The largest absolute Gasteiger partial charge is 0.310 e. The molecule has 12 rings (SSSR count). The number of benzene rings is 10. The van der Waals surface area contributed by atoms with E-state index < -0.39 is 8.07 Å². The molecule has 67 heavy (non-hydrogen) atoms. The van der Waals surface area contributed by atoms with E-state index in [9.17, 15) is 0 Å². The molecule has 0 spiro atoms. The summed E-state index contributed by atoms with van der Waals surface area (Å²) in [5.74, 6) is 0. The molecule has 0 bridgehead atoms. The van der Waals surface area contributed by atoms with Crippen LogP contribution in [0.15, 0.2) is 255 Å². The van der Waals surface area contributed by atoms with Crippen LogP contribution in [0.25, 0.3) is 31.3 Å². The number of nitrogens with zero attached hydrogens (tertiary/aromatic N) is 2. The molecule has 0 saturated heterocycles. The summed E-state index contributed by atoms with van der Waals surface area (Å²) in [7, 11) is -2.97. The van der Waals surface area contributed by atoms with Crippen LogP contribution in [-0.2, 0) is 5.41 Å². The summed E-state index contributed by atoms with van der Waals surface area (Å²) in [4.78, 5) is 4.84. The highest BCUT2D eigenvalue weighted by Crippen LogP contribution is 2.50. The highest BCUT2D eigenvalue weighted by Gasteiger charge is 2.42. The van der Waals surface area contributed by atoms with Gasteiger partial charge in [0.05, 0.1) is 0 Å². The number of anilines is 6. The predicted octanol–water partition coefficient (Wildman–Crippen LogP) is 14.7. The summed E-state index contributed by atoms with van der Waals surface area (Å²) in [5.41, 5.74) is 12.1. The highest BCUT2D eigenvalue weighted by atomic mass is 32.1. The molecule has 10 aromatic carbocycles. The number of hydrogen-bond acceptors (Lipinski definition) is 3. The average Bonchev–Trinajstić information content (AvgIpc) is 3.87. The molecule has 1 heterocycles. The number of para-hydroxylation sites is 2. The molecule has 1 aliphatic rings. The van der Waals surface area contributed by atoms with Gasteiger partial charge < -0.3 is 9.80 Å². The van der Waals surface area contributed by atoms with Crippen LogP contribution in [0, 0.1) is 0 Å². The fourth-order valence-electron chi connectivity index (χ4n) is 10.9. The molecule has 1 aromatic heterocycles. The van der Waals surface area contributed by atoms with Gasteiger partial charge in [-0.3, -0.25) is 0 Å². The van der Waals surface area contributed by atoms with E-state index in [4.69, 9.17) is 0 Å². The minimum absolute atomic E-state index is 0.0608. The second kappa shape index (κ2) is 16.6. The number of rotatable bonds is 10. The maximum absolute atomic E-state index is 2.97. The van der Waals surface area contributed by atoms with Crippen molar-refractivity contribution in [1.82, 2.24) is 0 Å². The predicted molar refractivity (Wildman–Crippen MR) is 290 cm³/mol. The lowest BCUT2D eigenvalue weighted by Gasteiger charge is -2.36. The Morgan fingerprint density at radius 3 is 1.45 bits per heavy atom. The van der Waals surface area contributed by atoms with Crippen molar-refractivity contribution in [3.05, 3.63) is 266 Å². The maximum Gasteiger partial charge on any atom is 0.179 e. The Kier molecular flexibility index (Phi) is 10.1. The van der Waals surface area contributed by atoms with Crippen LogP contribution in [0.4, 0.5) is 34.1 Å². The Hall–Kier alpha value is -7.76. The fraction of sp³-hybridized carbons (Fsp3) is 0.0476. The van der Waals surface area contributed by atoms with Gasteiger partial charge in [0, 0.05) is 59.7 Å². The molecular formula is C63H48N2SSi. The zero-order chi connectivity index (χ0) is 45.0. The molecule has 2 nitrogen and oxygen atoms in total. The summed E-state index contributed by atoms with van der Waals surface area (Å²) in [6.07, 6.45) is 0. The van der Waals surface area contributed by atoms with Gasteiger partial charge in [-0.2, -0.15) is 0 Å². The van der Waals surface area contributed by atoms with Crippen molar-refractivity contribution in [3.63, 3.8) is 0 Å². The van der Waals surface area contributed by atoms with Gasteiger partial charge in [-0.05, 0) is 122 Å². The summed E-state index contributed by atoms with van der Waals surface area (Å²) >= 11 is 1.86. The molecule has 1 aliphatic carbocycles. The van der Waals surface area contributed by atoms with Crippen LogP contribution < -0.4 is 30.5 Å². The molecule has 0 amide bonds. The minimum atomic E-state index is -2.97. The molecule has 0 N–H and O–H groups in total. The molecular weight excluding hydrogens is 845 g/mol. The Morgan fingerprint density at radius 1 is 0.313 bits per heavy atom. The Balaban J connectivity index is 1.03. The molecule has 11 aromatic rings. The van der Waals surface area contributed by atoms with Crippen LogP contribution >= 0.6 is 11.3 Å². The van der Waals surface area contributed by atoms with Crippen molar-refractivity contribution in [2.45, 2.75) is 19.3 Å². The van der Waals surface area contributed by atoms with Crippen LogP contribution in [0.5, 0.6) is 0 Å². The van der Waals surface area contributed by atoms with Gasteiger partial charge in [0.15, 0.2) is 8.07 Å². The quantitative estimate of drug-likeness (QED) is 0.0997. The third-order valence-corrected chi connectivity index (χ3v) is 19.9. The van der Waals surface area contributed by atoms with E-state index in [2.05, 4.69) is 278 Å². The second-order valence-corrected chi connectivity index (χ2v) is 23.0. The number of fused-ring (bicyclic) bond motifs is 6. The first-order valence-electron chi connectivity index (χ1n) is 23.2. The third-order valence-electron chi connectivity index (χ3n) is 14.0. The van der Waals surface area contributed by atoms with Gasteiger partial charge in [-0.1, -0.05) is 190 Å². The van der Waals surface area contributed by atoms with Gasteiger partial charge in [-0.25, -0.2) is 0 Å². The first kappa shape index (κ1) is 40.7. The van der Waals surface area contributed by atoms with Gasteiger partial charge >= 0.3 is 0 Å². The zero-order valence-corrected chi connectivity index (χ0v) is 39.4. The van der Waals surface area contributed by atoms with Crippen molar-refractivity contribution in [1.29, 1.82) is 0 Å². The second-order valence-electron chi connectivity index (χ2n) is 18.1. The summed E-state index contributed by atoms with van der Waals surface area (Å²) in [6, 6.07) is 94.7. The van der Waals surface area contributed by atoms with Crippen LogP contribution in [0.2, 0.25) is 0 Å². The standard InChI is InChI=1S/C63H48N2SSi/c1-63(2)59-32-17-15-30-55(59)58-43-49(37-41-60(58)63)64(45-20-7-3-8-21-45)47-34-38-53(39-35-47)67(51-25-11-5-12-26-51,52-27-13-6-14-28-52)54-29-19-24-48(42-54)65(46-22-9-4-10-23-46)50-36-40-57-56-31-16-18-33-61(56)66-62(57)44-50/h3-44H,1-2H3. The average molecular weight is 893 g/mol. The van der Waals surface area contributed by atoms with Crippen LogP contribution in [0.1, 0.15) is 25.0 Å². The molecule has 0 fully saturated rings. The first-order chi connectivity index (χ1) is 33.0. The van der Waals surface area contributed by atoms with E-state index in [-0.39, 0.29) is 5.41 Å². The number of hydrogen-bond donors (Lipinski definition) is 0. The van der Waals surface area contributed by atoms with E-state index in [1.54, 1.807) is 0 Å². The molecule has 4 heteroatoms. The highest BCUT2D eigenvalue weighted by molar-refractivity contribution is 7.25. The Bertz CT molecular complexity index is 3510. The molecule has 0 saturated carbocycles. The Labute approximate surface area is 398 Å². The van der Waals surface area contributed by atoms with Crippen LogP contribution in [0.3, 0.4) is 0 Å². The lowest BCUT2D eigenvalue weighted by molar-refractivity contribution is 0.660. The van der Waals surface area contributed by atoms with E-state index >= 15 is 0 Å². The molecule has 0 radical (unpaired) electrons. The SMILES string of the molecule is CC1(C)c2ccccc2-c2cc(N(c3ccccc3)c3ccc([Si](c4ccccc4)(c4ccccc4)c4cccc(N(c5ccccc5)c5ccc6c(c5)sc5ccccc56)c4)cc3)ccc21. The Morgan fingerprint density at radius 2 is 0.761 bits per heavy atom. The van der Waals surface area contributed by atoms with E-state index in [0.717, 1.165) is 34.1 Å². The molecule has 0 unspecified atom stereocenters. The smallest absolute Gasteiger partial charge is 0.179 e. The van der Waals surface area contributed by atoms with E-state index in [1.165, 1.54) is 63.2 Å².